The van der Waals surface area contributed by atoms with Crippen molar-refractivity contribution in [1.29, 1.82) is 0 Å². The number of carbonyl (C=O) groups excluding carboxylic acids is 1. The Morgan fingerprint density at radius 1 is 1.10 bits per heavy atom. The second-order valence-corrected chi connectivity index (χ2v) is 13.1. The van der Waals surface area contributed by atoms with Crippen LogP contribution in [0.4, 0.5) is 5.69 Å². The Hall–Kier alpha value is -2.82. The Kier molecular flexibility index (Phi) is 10.2. The van der Waals surface area contributed by atoms with Crippen molar-refractivity contribution in [2.45, 2.75) is 43.9 Å². The summed E-state index contributed by atoms with van der Waals surface area (Å²) in [6, 6.07) is 18.2. The molecule has 0 aliphatic carbocycles. The predicted molar refractivity (Wildman–Crippen MR) is 162 cm³/mol. The number of amides is 1. The summed E-state index contributed by atoms with van der Waals surface area (Å²) in [5.41, 5.74) is 1.88. The van der Waals surface area contributed by atoms with Crippen LogP contribution in [0.15, 0.2) is 71.6 Å². The van der Waals surface area contributed by atoms with Gasteiger partial charge in [-0.1, -0.05) is 54.4 Å². The van der Waals surface area contributed by atoms with E-state index in [1.54, 1.807) is 54.3 Å². The minimum absolute atomic E-state index is 0.000862. The second kappa shape index (κ2) is 13.4. The molecule has 3 aromatic rings. The number of nitrogens with one attached hydrogen (secondary N) is 1. The van der Waals surface area contributed by atoms with E-state index in [1.807, 2.05) is 26.1 Å². The fraction of sp³-hybridized carbons (Fsp3) is 0.367. The topological polar surface area (TPSA) is 99.2 Å². The van der Waals surface area contributed by atoms with Crippen LogP contribution in [0.3, 0.4) is 0 Å². The highest BCUT2D eigenvalue weighted by Gasteiger charge is 2.31. The lowest BCUT2D eigenvalue weighted by Crippen LogP contribution is -2.47. The Bertz CT molecular complexity index is 1470. The first-order valence-electron chi connectivity index (χ1n) is 13.4. The molecule has 3 aromatic carbocycles. The average Bonchev–Trinajstić information content (AvgIpc) is 2.98. The molecule has 8 nitrogen and oxygen atoms in total. The zero-order valence-corrected chi connectivity index (χ0v) is 25.6. The van der Waals surface area contributed by atoms with E-state index in [-0.39, 0.29) is 41.9 Å². The van der Waals surface area contributed by atoms with Crippen LogP contribution in [0.2, 0.25) is 10.0 Å². The molecule has 0 spiro atoms. The summed E-state index contributed by atoms with van der Waals surface area (Å²) < 4.78 is 35.0. The van der Waals surface area contributed by atoms with E-state index in [1.165, 1.54) is 12.1 Å². The highest BCUT2D eigenvalue weighted by atomic mass is 35.5. The summed E-state index contributed by atoms with van der Waals surface area (Å²) in [4.78, 5) is 17.4. The largest absolute Gasteiger partial charge is 0.488 e. The number of nitrogens with zero attached hydrogens (tertiary/aromatic N) is 2. The van der Waals surface area contributed by atoms with Crippen LogP contribution in [-0.2, 0) is 27.8 Å². The number of aliphatic hydroxyl groups excluding tert-OH is 1. The van der Waals surface area contributed by atoms with E-state index in [2.05, 4.69) is 9.62 Å². The standard InChI is InChI=1S/C30H35Cl2N3O5S/c1-20-16-35(21(2)19-36)30(37)15-23-14-24(33-41(38,39)25-7-5-4-6-8-25)10-12-28(23)40-29(20)18-34(3)17-22-9-11-26(31)27(32)13-22/h4-14,20-21,29,33,36H,15-19H2,1-3H3/t20-,21+,29+/m1/s1. The molecule has 41 heavy (non-hydrogen) atoms. The third kappa shape index (κ3) is 7.93. The van der Waals surface area contributed by atoms with E-state index in [0.717, 1.165) is 5.56 Å². The van der Waals surface area contributed by atoms with Gasteiger partial charge in [0.2, 0.25) is 5.91 Å². The van der Waals surface area contributed by atoms with Gasteiger partial charge in [-0.15, -0.1) is 0 Å². The van der Waals surface area contributed by atoms with Crippen LogP contribution in [0.25, 0.3) is 0 Å². The number of carbonyl (C=O) groups is 1. The zero-order chi connectivity index (χ0) is 29.7. The molecule has 0 bridgehead atoms. The van der Waals surface area contributed by atoms with Gasteiger partial charge in [-0.25, -0.2) is 8.42 Å². The zero-order valence-electron chi connectivity index (χ0n) is 23.3. The molecule has 0 fully saturated rings. The van der Waals surface area contributed by atoms with E-state index in [9.17, 15) is 18.3 Å². The van der Waals surface area contributed by atoms with Crippen molar-refractivity contribution in [2.75, 3.05) is 31.5 Å². The summed E-state index contributed by atoms with van der Waals surface area (Å²) in [5, 5.41) is 10.9. The molecule has 3 atom stereocenters. The minimum Gasteiger partial charge on any atom is -0.488 e. The van der Waals surface area contributed by atoms with Crippen molar-refractivity contribution in [3.05, 3.63) is 87.9 Å². The number of ether oxygens (including phenoxy) is 1. The quantitative estimate of drug-likeness (QED) is 0.347. The van der Waals surface area contributed by atoms with Crippen LogP contribution >= 0.6 is 23.2 Å². The molecular weight excluding hydrogens is 585 g/mol. The lowest BCUT2D eigenvalue weighted by atomic mass is 10.0. The van der Waals surface area contributed by atoms with E-state index < -0.39 is 10.0 Å². The van der Waals surface area contributed by atoms with Gasteiger partial charge < -0.3 is 14.7 Å². The fourth-order valence-electron chi connectivity index (χ4n) is 4.85. The first-order valence-corrected chi connectivity index (χ1v) is 15.6. The summed E-state index contributed by atoms with van der Waals surface area (Å²) >= 11 is 12.3. The number of sulfonamides is 1. The number of halogens is 2. The highest BCUT2D eigenvalue weighted by molar-refractivity contribution is 7.92. The van der Waals surface area contributed by atoms with Gasteiger partial charge in [-0.2, -0.15) is 0 Å². The molecule has 0 unspecified atom stereocenters. The van der Waals surface area contributed by atoms with E-state index in [0.29, 0.717) is 46.7 Å². The minimum atomic E-state index is -3.82. The van der Waals surface area contributed by atoms with Crippen molar-refractivity contribution in [3.63, 3.8) is 0 Å². The maximum Gasteiger partial charge on any atom is 0.261 e. The number of anilines is 1. The highest BCUT2D eigenvalue weighted by Crippen LogP contribution is 2.30. The SMILES string of the molecule is C[C@@H]1CN([C@@H](C)CO)C(=O)Cc2cc(NS(=O)(=O)c3ccccc3)ccc2O[C@H]1CN(C)Cc1ccc(Cl)c(Cl)c1. The number of benzene rings is 3. The lowest BCUT2D eigenvalue weighted by Gasteiger charge is -2.34. The van der Waals surface area contributed by atoms with Crippen LogP contribution in [0.1, 0.15) is 25.0 Å². The number of aliphatic hydroxyl groups is 1. The fourth-order valence-corrected chi connectivity index (χ4v) is 6.24. The van der Waals surface area contributed by atoms with Gasteiger partial charge in [-0.05, 0) is 62.0 Å². The van der Waals surface area contributed by atoms with Crippen molar-refractivity contribution >= 4 is 44.8 Å². The first-order chi connectivity index (χ1) is 19.5. The van der Waals surface area contributed by atoms with Crippen molar-refractivity contribution in [3.8, 4) is 5.75 Å². The molecule has 1 aliphatic heterocycles. The van der Waals surface area contributed by atoms with Crippen molar-refractivity contribution in [2.24, 2.45) is 5.92 Å². The maximum atomic E-state index is 13.5. The molecule has 0 aromatic heterocycles. The summed E-state index contributed by atoms with van der Waals surface area (Å²) in [6.07, 6.45) is -0.313. The Morgan fingerprint density at radius 2 is 1.83 bits per heavy atom. The van der Waals surface area contributed by atoms with Gasteiger partial charge in [0.1, 0.15) is 11.9 Å². The summed E-state index contributed by atoms with van der Waals surface area (Å²) in [5.74, 6) is 0.266. The molecule has 1 heterocycles. The third-order valence-electron chi connectivity index (χ3n) is 7.15. The van der Waals surface area contributed by atoms with E-state index >= 15 is 0 Å². The Balaban J connectivity index is 1.62. The molecule has 4 rings (SSSR count). The molecule has 0 saturated heterocycles. The third-order valence-corrected chi connectivity index (χ3v) is 9.29. The van der Waals surface area contributed by atoms with Crippen LogP contribution in [0.5, 0.6) is 5.75 Å². The van der Waals surface area contributed by atoms with Crippen LogP contribution in [-0.4, -0.2) is 68.1 Å². The normalized spacial score (nSPS) is 18.6. The number of hydrogen-bond donors (Lipinski definition) is 2. The van der Waals surface area contributed by atoms with Gasteiger partial charge in [0, 0.05) is 36.8 Å². The monoisotopic (exact) mass is 619 g/mol. The van der Waals surface area contributed by atoms with Crippen molar-refractivity contribution in [1.82, 2.24) is 9.80 Å². The van der Waals surface area contributed by atoms with Gasteiger partial charge in [0.25, 0.3) is 10.0 Å². The average molecular weight is 621 g/mol. The maximum absolute atomic E-state index is 13.5. The molecule has 0 radical (unpaired) electrons. The molecule has 2 N–H and O–H groups in total. The van der Waals surface area contributed by atoms with Gasteiger partial charge in [-0.3, -0.25) is 14.4 Å². The second-order valence-electron chi connectivity index (χ2n) is 10.6. The van der Waals surface area contributed by atoms with Crippen LogP contribution in [0, 0.1) is 5.92 Å². The van der Waals surface area contributed by atoms with Gasteiger partial charge >= 0.3 is 0 Å². The molecular formula is C30H35Cl2N3O5S. The van der Waals surface area contributed by atoms with E-state index in [4.69, 9.17) is 27.9 Å². The summed E-state index contributed by atoms with van der Waals surface area (Å²) in [6.45, 7) is 5.19. The molecule has 220 valence electrons. The first kappa shape index (κ1) is 31.1. The molecule has 1 aliphatic rings. The Morgan fingerprint density at radius 3 is 2.51 bits per heavy atom. The van der Waals surface area contributed by atoms with Crippen molar-refractivity contribution < 1.29 is 23.1 Å². The smallest absolute Gasteiger partial charge is 0.261 e. The number of rotatable bonds is 9. The van der Waals surface area contributed by atoms with Crippen LogP contribution < -0.4 is 9.46 Å². The molecule has 0 saturated carbocycles. The number of hydrogen-bond acceptors (Lipinski definition) is 6. The molecule has 11 heteroatoms. The lowest BCUT2D eigenvalue weighted by molar-refractivity contribution is -0.134. The number of likely N-dealkylation sites (N-methyl/N-ethyl adjacent to an activating group) is 1. The Labute approximate surface area is 251 Å². The predicted octanol–water partition coefficient (Wildman–Crippen LogP) is 5.08. The van der Waals surface area contributed by atoms with Gasteiger partial charge in [0.05, 0.1) is 34.0 Å². The summed E-state index contributed by atoms with van der Waals surface area (Å²) in [7, 11) is -1.84. The molecule has 1 amide bonds. The number of fused-ring (bicyclic) bond motifs is 1. The van der Waals surface area contributed by atoms with Gasteiger partial charge in [0.15, 0.2) is 0 Å².